The highest BCUT2D eigenvalue weighted by atomic mass is 127. The molecule has 6 N–H and O–H groups in total. The molecule has 1 aromatic rings. The second-order valence-corrected chi connectivity index (χ2v) is 2.80. The van der Waals surface area contributed by atoms with Gasteiger partial charge in [-0.05, 0) is 6.07 Å². The molecule has 2 amide bonds. The summed E-state index contributed by atoms with van der Waals surface area (Å²) in [6.07, 6.45) is 1.39. The van der Waals surface area contributed by atoms with Crippen molar-refractivity contribution in [3.63, 3.8) is 0 Å². The van der Waals surface area contributed by atoms with Gasteiger partial charge in [0.1, 0.15) is 6.20 Å². The maximum atomic E-state index is 10.8. The van der Waals surface area contributed by atoms with E-state index in [0.29, 0.717) is 5.82 Å². The SMILES string of the molecule is NC(=O)C[n+]1cc(C(N)=O)ccc1N.[I-]. The number of halogens is 1. The molecule has 0 fully saturated rings. The fraction of sp³-hybridized carbons (Fsp3) is 0.125. The monoisotopic (exact) mass is 322 g/mol. The van der Waals surface area contributed by atoms with Crippen LogP contribution in [0.3, 0.4) is 0 Å². The summed E-state index contributed by atoms with van der Waals surface area (Å²) < 4.78 is 1.36. The lowest BCUT2D eigenvalue weighted by atomic mass is 10.2. The van der Waals surface area contributed by atoms with E-state index in [0.717, 1.165) is 0 Å². The molecule has 0 spiro atoms. The van der Waals surface area contributed by atoms with Crippen LogP contribution in [0.4, 0.5) is 5.82 Å². The first kappa shape index (κ1) is 13.6. The third kappa shape index (κ3) is 3.70. The zero-order chi connectivity index (χ0) is 10.7. The van der Waals surface area contributed by atoms with Crippen LogP contribution < -0.4 is 45.7 Å². The molecule has 0 saturated carbocycles. The van der Waals surface area contributed by atoms with Gasteiger partial charge in [0.25, 0.3) is 17.6 Å². The molecule has 15 heavy (non-hydrogen) atoms. The molecule has 0 aromatic carbocycles. The topological polar surface area (TPSA) is 116 Å². The summed E-state index contributed by atoms with van der Waals surface area (Å²) in [7, 11) is 0. The number of rotatable bonds is 3. The molecule has 0 saturated heterocycles. The third-order valence-electron chi connectivity index (χ3n) is 1.67. The molecule has 1 rings (SSSR count). The number of carbonyl (C=O) groups excluding carboxylic acids is 2. The van der Waals surface area contributed by atoms with Crippen LogP contribution in [0.25, 0.3) is 0 Å². The Balaban J connectivity index is 0.00000196. The molecule has 1 aromatic heterocycles. The summed E-state index contributed by atoms with van der Waals surface area (Å²) in [5.74, 6) is -0.777. The van der Waals surface area contributed by atoms with E-state index < -0.39 is 11.8 Å². The van der Waals surface area contributed by atoms with E-state index in [-0.39, 0.29) is 36.1 Å². The Bertz CT molecular complexity index is 394. The molecule has 1 heterocycles. The van der Waals surface area contributed by atoms with Crippen LogP contribution in [-0.2, 0) is 11.3 Å². The number of anilines is 1. The Kier molecular flexibility index (Phi) is 4.98. The summed E-state index contributed by atoms with van der Waals surface area (Å²) in [6.45, 7) is -0.0764. The van der Waals surface area contributed by atoms with Crippen LogP contribution in [0.5, 0.6) is 0 Å². The Labute approximate surface area is 103 Å². The molecule has 0 aliphatic rings. The molecule has 6 nitrogen and oxygen atoms in total. The van der Waals surface area contributed by atoms with Gasteiger partial charge in [-0.3, -0.25) is 15.3 Å². The highest BCUT2D eigenvalue weighted by Gasteiger charge is 2.10. The second kappa shape index (κ2) is 5.49. The van der Waals surface area contributed by atoms with Crippen molar-refractivity contribution in [3.05, 3.63) is 23.9 Å². The quantitative estimate of drug-likeness (QED) is 0.383. The van der Waals surface area contributed by atoms with Crippen LogP contribution in [-0.4, -0.2) is 11.8 Å². The predicted molar refractivity (Wildman–Crippen MR) is 48.8 cm³/mol. The lowest BCUT2D eigenvalue weighted by molar-refractivity contribution is -0.670. The first-order chi connectivity index (χ1) is 6.50. The molecular weight excluding hydrogens is 311 g/mol. The molecular formula is C8H11IN4O2. The molecule has 82 valence electrons. The average molecular weight is 322 g/mol. The second-order valence-electron chi connectivity index (χ2n) is 2.80. The summed E-state index contributed by atoms with van der Waals surface area (Å²) in [4.78, 5) is 21.4. The zero-order valence-corrected chi connectivity index (χ0v) is 9.97. The standard InChI is InChI=1S/C8H10N4O2.HI/c9-6-2-1-5(8(11)14)3-12(6)4-7(10)13;/h1-3,9H,4H2,(H4,10,11,13,14);1H. The van der Waals surface area contributed by atoms with Crippen molar-refractivity contribution >= 4 is 17.6 Å². The van der Waals surface area contributed by atoms with Gasteiger partial charge in [-0.2, -0.15) is 0 Å². The number of pyridine rings is 1. The molecule has 7 heteroatoms. The number of hydrogen-bond acceptors (Lipinski definition) is 3. The highest BCUT2D eigenvalue weighted by molar-refractivity contribution is 5.92. The van der Waals surface area contributed by atoms with Gasteiger partial charge >= 0.3 is 0 Å². The maximum Gasteiger partial charge on any atom is 0.272 e. The van der Waals surface area contributed by atoms with Crippen molar-refractivity contribution in [2.75, 3.05) is 5.73 Å². The van der Waals surface area contributed by atoms with Gasteiger partial charge in [-0.25, -0.2) is 4.57 Å². The van der Waals surface area contributed by atoms with Crippen molar-refractivity contribution in [1.29, 1.82) is 0 Å². The van der Waals surface area contributed by atoms with Crippen molar-refractivity contribution in [2.24, 2.45) is 11.5 Å². The van der Waals surface area contributed by atoms with E-state index in [4.69, 9.17) is 17.2 Å². The summed E-state index contributed by atoms with van der Waals surface area (Å²) in [6, 6.07) is 2.97. The van der Waals surface area contributed by atoms with Gasteiger partial charge in [-0.1, -0.05) is 0 Å². The van der Waals surface area contributed by atoms with E-state index in [9.17, 15) is 9.59 Å². The van der Waals surface area contributed by atoms with Gasteiger partial charge < -0.3 is 35.4 Å². The predicted octanol–water partition coefficient (Wildman–Crippen LogP) is -4.86. The summed E-state index contributed by atoms with van der Waals surface area (Å²) in [5.41, 5.74) is 15.9. The van der Waals surface area contributed by atoms with E-state index in [1.807, 2.05) is 0 Å². The van der Waals surface area contributed by atoms with Crippen molar-refractivity contribution in [3.8, 4) is 0 Å². The normalized spacial score (nSPS) is 9.07. The van der Waals surface area contributed by atoms with E-state index >= 15 is 0 Å². The summed E-state index contributed by atoms with van der Waals surface area (Å²) in [5, 5.41) is 0. The lowest BCUT2D eigenvalue weighted by Crippen LogP contribution is -3.00. The van der Waals surface area contributed by atoms with Crippen LogP contribution in [0, 0.1) is 0 Å². The number of nitrogens with zero attached hydrogens (tertiary/aromatic N) is 1. The smallest absolute Gasteiger partial charge is 0.272 e. The van der Waals surface area contributed by atoms with Crippen molar-refractivity contribution in [1.82, 2.24) is 0 Å². The van der Waals surface area contributed by atoms with Gasteiger partial charge in [0.15, 0.2) is 6.54 Å². The number of nitrogen functional groups attached to an aromatic ring is 1. The molecule has 0 aliphatic carbocycles. The molecule has 0 bridgehead atoms. The van der Waals surface area contributed by atoms with Crippen molar-refractivity contribution < 1.29 is 38.1 Å². The van der Waals surface area contributed by atoms with Crippen LogP contribution in [0.2, 0.25) is 0 Å². The number of hydrogen-bond donors (Lipinski definition) is 3. The molecule has 0 aliphatic heterocycles. The fourth-order valence-electron chi connectivity index (χ4n) is 1.01. The fourth-order valence-corrected chi connectivity index (χ4v) is 1.01. The Morgan fingerprint density at radius 1 is 1.27 bits per heavy atom. The summed E-state index contributed by atoms with van der Waals surface area (Å²) >= 11 is 0. The minimum absolute atomic E-state index is 0. The third-order valence-corrected chi connectivity index (χ3v) is 1.67. The number of aromatic nitrogens is 1. The highest BCUT2D eigenvalue weighted by Crippen LogP contribution is 1.98. The Hall–Kier alpha value is -1.38. The largest absolute Gasteiger partial charge is 1.00 e. The van der Waals surface area contributed by atoms with Crippen molar-refractivity contribution in [2.45, 2.75) is 6.54 Å². The zero-order valence-electron chi connectivity index (χ0n) is 7.81. The molecule has 0 radical (unpaired) electrons. The Morgan fingerprint density at radius 2 is 1.87 bits per heavy atom. The number of nitrogens with two attached hydrogens (primary N) is 3. The van der Waals surface area contributed by atoms with Gasteiger partial charge in [0.2, 0.25) is 0 Å². The van der Waals surface area contributed by atoms with E-state index in [2.05, 4.69) is 0 Å². The minimum atomic E-state index is -0.580. The van der Waals surface area contributed by atoms with Gasteiger partial charge in [0, 0.05) is 6.07 Å². The van der Waals surface area contributed by atoms with Crippen LogP contribution in [0.15, 0.2) is 18.3 Å². The molecule has 0 unspecified atom stereocenters. The van der Waals surface area contributed by atoms with Crippen LogP contribution >= 0.6 is 0 Å². The number of carbonyl (C=O) groups is 2. The number of primary amides is 2. The first-order valence-electron chi connectivity index (χ1n) is 3.88. The van der Waals surface area contributed by atoms with Gasteiger partial charge in [-0.15, -0.1) is 0 Å². The van der Waals surface area contributed by atoms with Crippen LogP contribution in [0.1, 0.15) is 10.4 Å². The maximum absolute atomic E-state index is 10.8. The number of amides is 2. The average Bonchev–Trinajstić information content (AvgIpc) is 2.07. The molecule has 0 atom stereocenters. The van der Waals surface area contributed by atoms with E-state index in [1.54, 1.807) is 0 Å². The Morgan fingerprint density at radius 3 is 2.33 bits per heavy atom. The first-order valence-corrected chi connectivity index (χ1v) is 3.88. The van der Waals surface area contributed by atoms with Gasteiger partial charge in [0.05, 0.1) is 5.56 Å². The van der Waals surface area contributed by atoms with E-state index in [1.165, 1.54) is 22.9 Å². The lowest BCUT2D eigenvalue weighted by Gasteiger charge is -2.01. The minimum Gasteiger partial charge on any atom is -1.00 e.